The van der Waals surface area contributed by atoms with Crippen LogP contribution >= 0.6 is 15.7 Å². The molecule has 0 atom stereocenters. The fraction of sp³-hybridized carbons (Fsp3) is 1.00. The molecule has 0 unspecified atom stereocenters. The lowest BCUT2D eigenvalue weighted by Gasteiger charge is -1.58. The Balaban J connectivity index is 2.32. The number of nitrogens with two attached hydrogens (primary N) is 1. The van der Waals surface area contributed by atoms with Gasteiger partial charge in [-0.25, -0.2) is 0 Å². The highest BCUT2D eigenvalue weighted by atomic mass is 31.8. The summed E-state index contributed by atoms with van der Waals surface area (Å²) in [6.07, 6.45) is 0. The third kappa shape index (κ3) is 0.492. The maximum absolute atomic E-state index is 5.20. The topological polar surface area (TPSA) is 26.0 Å². The van der Waals surface area contributed by atoms with Crippen molar-refractivity contribution in [3.05, 3.63) is 0 Å². The quantitative estimate of drug-likeness (QED) is 0.443. The molecule has 0 aromatic heterocycles. The Morgan fingerprint density at radius 2 is 1.75 bits per heavy atom. The Hall–Kier alpha value is 0.560. The maximum atomic E-state index is 5.20. The molecule has 0 amide bonds. The van der Waals surface area contributed by atoms with Gasteiger partial charge in [-0.3, -0.25) is 0 Å². The minimum atomic E-state index is 0.528. The second-order valence-corrected chi connectivity index (χ2v) is 4.01. The van der Waals surface area contributed by atoms with Gasteiger partial charge in [-0.1, -0.05) is 0 Å². The van der Waals surface area contributed by atoms with E-state index in [4.69, 9.17) is 5.73 Å². The van der Waals surface area contributed by atoms with Crippen LogP contribution in [0.2, 0.25) is 0 Å². The summed E-state index contributed by atoms with van der Waals surface area (Å²) in [5.41, 5.74) is 5.73. The average molecular weight is 91.0 g/mol. The van der Waals surface area contributed by atoms with Crippen LogP contribution < -0.4 is 5.73 Å². The summed E-state index contributed by atoms with van der Waals surface area (Å²) in [4.78, 5) is 0. The molecule has 0 spiro atoms. The van der Waals surface area contributed by atoms with Crippen LogP contribution in [-0.2, 0) is 0 Å². The second-order valence-electron chi connectivity index (χ2n) is 0.645. The molecule has 0 aromatic rings. The molecule has 0 radical (unpaired) electrons. The molecule has 1 rings (SSSR count). The van der Waals surface area contributed by atoms with Crippen molar-refractivity contribution in [3.8, 4) is 0 Å². The van der Waals surface area contributed by atoms with Gasteiger partial charge < -0.3 is 5.73 Å². The predicted octanol–water partition coefficient (Wildman–Crippen LogP) is 1.05. The van der Waals surface area contributed by atoms with Crippen molar-refractivity contribution >= 4 is 15.7 Å². The molecule has 0 saturated heterocycles. The third-order valence-electron chi connectivity index (χ3n) is 0.249. The fourth-order valence-corrected chi connectivity index (χ4v) is 0.346. The minimum Gasteiger partial charge on any atom is -0.313 e. The number of hydrogen-bond acceptors (Lipinski definition) is 1. The van der Waals surface area contributed by atoms with Gasteiger partial charge in [0.1, 0.15) is 0 Å². The zero-order chi connectivity index (χ0) is 2.99. The van der Waals surface area contributed by atoms with Gasteiger partial charge in [0.05, 0.1) is 5.52 Å². The zero-order valence-corrected chi connectivity index (χ0v) is 3.84. The van der Waals surface area contributed by atoms with Crippen molar-refractivity contribution in [1.29, 1.82) is 0 Å². The molecule has 1 aliphatic rings. The summed E-state index contributed by atoms with van der Waals surface area (Å²) >= 11 is 0. The van der Waals surface area contributed by atoms with Gasteiger partial charge >= 0.3 is 0 Å². The van der Waals surface area contributed by atoms with Crippen molar-refractivity contribution in [2.75, 3.05) is 0 Å². The standard InChI is InChI=1S/CH3NP2/c2-1-3-4-1/h1H,2H2. The highest BCUT2D eigenvalue weighted by Crippen LogP contribution is 2.42. The van der Waals surface area contributed by atoms with E-state index in [1.165, 1.54) is 15.7 Å². The van der Waals surface area contributed by atoms with Crippen molar-refractivity contribution < 1.29 is 0 Å². The predicted molar refractivity (Wildman–Crippen MR) is 21.8 cm³/mol. The Bertz CT molecular complexity index is 44.0. The molecule has 22 valence electrons. The van der Waals surface area contributed by atoms with E-state index in [0.717, 1.165) is 0 Å². The van der Waals surface area contributed by atoms with Gasteiger partial charge in [0, 0.05) is 0 Å². The van der Waals surface area contributed by atoms with Crippen LogP contribution in [0.5, 0.6) is 0 Å². The lowest BCUT2D eigenvalue weighted by molar-refractivity contribution is 1.34. The van der Waals surface area contributed by atoms with E-state index in [-0.39, 0.29) is 0 Å². The molecular weight excluding hydrogens is 88.0 g/mol. The molecule has 0 saturated carbocycles. The van der Waals surface area contributed by atoms with Gasteiger partial charge in [0.2, 0.25) is 0 Å². The summed E-state index contributed by atoms with van der Waals surface area (Å²) in [5, 5.41) is 0. The first kappa shape index (κ1) is 2.78. The normalized spacial score (nSPS) is 43.8. The Morgan fingerprint density at radius 1 is 1.50 bits per heavy atom. The first-order valence-corrected chi connectivity index (χ1v) is 3.68. The van der Waals surface area contributed by atoms with Crippen LogP contribution in [0.3, 0.4) is 0 Å². The maximum Gasteiger partial charge on any atom is 0.0973 e. The van der Waals surface area contributed by atoms with Crippen LogP contribution in [-0.4, -0.2) is 5.52 Å². The van der Waals surface area contributed by atoms with Gasteiger partial charge in [-0.2, -0.15) is 0 Å². The number of hydrogen-bond donors (Lipinski definition) is 1. The second kappa shape index (κ2) is 0.755. The van der Waals surface area contributed by atoms with Crippen LogP contribution in [0.1, 0.15) is 0 Å². The summed E-state index contributed by atoms with van der Waals surface area (Å²) in [6.45, 7) is 0. The molecule has 3 heteroatoms. The molecule has 0 aliphatic carbocycles. The summed E-state index contributed by atoms with van der Waals surface area (Å²) in [7, 11) is 2.83. The molecule has 2 N–H and O–H groups in total. The largest absolute Gasteiger partial charge is 0.313 e. The molecule has 0 fully saturated rings. The molecule has 1 nitrogen and oxygen atoms in total. The van der Waals surface area contributed by atoms with Crippen LogP contribution in [0.4, 0.5) is 0 Å². The molecule has 0 aromatic carbocycles. The summed E-state index contributed by atoms with van der Waals surface area (Å²) in [6, 6.07) is 0. The summed E-state index contributed by atoms with van der Waals surface area (Å²) < 4.78 is 0. The van der Waals surface area contributed by atoms with E-state index < -0.39 is 0 Å². The fourth-order valence-electron chi connectivity index (χ4n) is 0.0385. The van der Waals surface area contributed by atoms with E-state index in [1.807, 2.05) is 0 Å². The van der Waals surface area contributed by atoms with Gasteiger partial charge in [-0.15, -0.1) is 0 Å². The van der Waals surface area contributed by atoms with Crippen molar-refractivity contribution in [2.24, 2.45) is 5.73 Å². The molecular formula is CH3NP2. The van der Waals surface area contributed by atoms with E-state index in [1.54, 1.807) is 0 Å². The highest BCUT2D eigenvalue weighted by molar-refractivity contribution is 8.02. The Kier molecular flexibility index (Phi) is 0.524. The van der Waals surface area contributed by atoms with Gasteiger partial charge in [-0.05, 0) is 15.7 Å². The lowest BCUT2D eigenvalue weighted by atomic mass is 11.5. The molecule has 1 aliphatic heterocycles. The Morgan fingerprint density at radius 3 is 1.75 bits per heavy atom. The van der Waals surface area contributed by atoms with E-state index in [0.29, 0.717) is 5.52 Å². The van der Waals surface area contributed by atoms with Crippen LogP contribution in [0, 0.1) is 0 Å². The van der Waals surface area contributed by atoms with E-state index in [2.05, 4.69) is 0 Å². The summed E-state index contributed by atoms with van der Waals surface area (Å²) in [5.74, 6) is 0. The van der Waals surface area contributed by atoms with Gasteiger partial charge in [0.15, 0.2) is 0 Å². The smallest absolute Gasteiger partial charge is 0.0973 e. The number of rotatable bonds is 0. The van der Waals surface area contributed by atoms with Crippen LogP contribution in [0.15, 0.2) is 0 Å². The average Bonchev–Trinajstić information content (AvgIpc) is 1.75. The van der Waals surface area contributed by atoms with Crippen molar-refractivity contribution in [1.82, 2.24) is 0 Å². The van der Waals surface area contributed by atoms with Crippen molar-refractivity contribution in [3.63, 3.8) is 0 Å². The highest BCUT2D eigenvalue weighted by Gasteiger charge is 2.01. The Labute approximate surface area is 28.0 Å². The third-order valence-corrected chi connectivity index (χ3v) is 2.24. The lowest BCUT2D eigenvalue weighted by Crippen LogP contribution is -1.91. The molecule has 1 heterocycles. The monoisotopic (exact) mass is 91.0 g/mol. The van der Waals surface area contributed by atoms with E-state index in [9.17, 15) is 0 Å². The minimum absolute atomic E-state index is 0.528. The molecule has 4 heavy (non-hydrogen) atoms. The molecule has 0 bridgehead atoms. The zero-order valence-electron chi connectivity index (χ0n) is 2.05. The first-order valence-electron chi connectivity index (χ1n) is 1.05. The SMILES string of the molecule is NC1P=P1. The van der Waals surface area contributed by atoms with E-state index >= 15 is 0 Å². The van der Waals surface area contributed by atoms with Crippen molar-refractivity contribution in [2.45, 2.75) is 5.52 Å². The first-order chi connectivity index (χ1) is 1.89. The van der Waals surface area contributed by atoms with Gasteiger partial charge in [0.25, 0.3) is 0 Å². The van der Waals surface area contributed by atoms with Crippen LogP contribution in [0.25, 0.3) is 0 Å².